The van der Waals surface area contributed by atoms with Crippen molar-refractivity contribution in [3.8, 4) is 0 Å². The minimum absolute atomic E-state index is 0.110. The van der Waals surface area contributed by atoms with Gasteiger partial charge in [0.05, 0.1) is 0 Å². The minimum atomic E-state index is -5.08. The van der Waals surface area contributed by atoms with Crippen LogP contribution in [0.2, 0.25) is 0 Å². The van der Waals surface area contributed by atoms with Gasteiger partial charge < -0.3 is 15.3 Å². The number of carbonyl (C=O) groups excluding carboxylic acids is 1. The average Bonchev–Trinajstić information content (AvgIpc) is 3.24. The number of carboxylic acid groups (broad SMARTS) is 1. The van der Waals surface area contributed by atoms with Gasteiger partial charge in [0.2, 0.25) is 0 Å². The summed E-state index contributed by atoms with van der Waals surface area (Å²) >= 11 is 0. The van der Waals surface area contributed by atoms with Crippen molar-refractivity contribution in [2.75, 3.05) is 20.1 Å². The molecule has 0 aromatic heterocycles. The van der Waals surface area contributed by atoms with E-state index in [9.17, 15) is 18.0 Å². The van der Waals surface area contributed by atoms with Crippen molar-refractivity contribution in [3.63, 3.8) is 0 Å². The van der Waals surface area contributed by atoms with E-state index < -0.39 is 17.7 Å². The van der Waals surface area contributed by atoms with Crippen LogP contribution in [0.3, 0.4) is 0 Å². The van der Waals surface area contributed by atoms with E-state index in [0.717, 1.165) is 37.3 Å². The molecule has 1 amide bonds. The molecular weight excluding hydrogens is 363 g/mol. The Bertz CT molecular complexity index is 766. The summed E-state index contributed by atoms with van der Waals surface area (Å²) in [5.74, 6) is -0.879. The first-order chi connectivity index (χ1) is 12.6. The second-order valence-electron chi connectivity index (χ2n) is 7.13. The summed E-state index contributed by atoms with van der Waals surface area (Å²) in [6.07, 6.45) is -3.06. The van der Waals surface area contributed by atoms with Crippen LogP contribution < -0.4 is 5.32 Å². The summed E-state index contributed by atoms with van der Waals surface area (Å²) in [7, 11) is 2.14. The second kappa shape index (κ2) is 6.95. The second-order valence-corrected chi connectivity index (χ2v) is 7.13. The highest BCUT2D eigenvalue weighted by atomic mass is 19.4. The van der Waals surface area contributed by atoms with Gasteiger partial charge in [-0.05, 0) is 25.8 Å². The van der Waals surface area contributed by atoms with Gasteiger partial charge in [-0.2, -0.15) is 13.2 Å². The van der Waals surface area contributed by atoms with Gasteiger partial charge in [0.25, 0.3) is 5.91 Å². The zero-order valence-electron chi connectivity index (χ0n) is 14.7. The molecule has 1 aliphatic carbocycles. The summed E-state index contributed by atoms with van der Waals surface area (Å²) in [6.45, 7) is 2.10. The molecule has 0 unspecified atom stereocenters. The van der Waals surface area contributed by atoms with E-state index in [0.29, 0.717) is 11.8 Å². The van der Waals surface area contributed by atoms with Crippen molar-refractivity contribution >= 4 is 17.7 Å². The van der Waals surface area contributed by atoms with Crippen molar-refractivity contribution < 1.29 is 27.9 Å². The number of amides is 1. The number of nitrogens with zero attached hydrogens (tertiary/aromatic N) is 2. The first-order valence-electron chi connectivity index (χ1n) is 8.59. The third kappa shape index (κ3) is 3.69. The summed E-state index contributed by atoms with van der Waals surface area (Å²) in [4.78, 5) is 28.7. The number of hydrogen-bond acceptors (Lipinski definition) is 4. The first kappa shape index (κ1) is 19.3. The Morgan fingerprint density at radius 2 is 1.93 bits per heavy atom. The van der Waals surface area contributed by atoms with Crippen LogP contribution in [0.15, 0.2) is 35.3 Å². The molecule has 1 aromatic carbocycles. The van der Waals surface area contributed by atoms with Crippen LogP contribution in [0, 0.1) is 11.8 Å². The maximum Gasteiger partial charge on any atom is 0.490 e. The lowest BCUT2D eigenvalue weighted by Crippen LogP contribution is -2.44. The third-order valence-corrected chi connectivity index (χ3v) is 5.36. The van der Waals surface area contributed by atoms with Crippen LogP contribution in [0.1, 0.15) is 18.4 Å². The van der Waals surface area contributed by atoms with Crippen LogP contribution in [0.5, 0.6) is 0 Å². The molecule has 1 saturated heterocycles. The van der Waals surface area contributed by atoms with Crippen LogP contribution in [-0.4, -0.2) is 59.6 Å². The number of amidine groups is 1. The summed E-state index contributed by atoms with van der Waals surface area (Å²) < 4.78 is 31.7. The summed E-state index contributed by atoms with van der Waals surface area (Å²) in [5, 5.41) is 10.1. The van der Waals surface area contributed by atoms with Gasteiger partial charge in [-0.15, -0.1) is 0 Å². The number of halogens is 3. The molecule has 2 N–H and O–H groups in total. The van der Waals surface area contributed by atoms with E-state index in [1.807, 2.05) is 30.3 Å². The number of rotatable bonds is 1. The van der Waals surface area contributed by atoms with Crippen LogP contribution >= 0.6 is 0 Å². The molecule has 0 bridgehead atoms. The van der Waals surface area contributed by atoms with Crippen LogP contribution in [-0.2, 0) is 9.59 Å². The van der Waals surface area contributed by atoms with E-state index in [-0.39, 0.29) is 5.91 Å². The fraction of sp³-hybridized carbons (Fsp3) is 0.500. The number of hydrogen-bond donors (Lipinski definition) is 2. The van der Waals surface area contributed by atoms with E-state index >= 15 is 0 Å². The lowest BCUT2D eigenvalue weighted by Gasteiger charge is -2.24. The first-order valence-corrected chi connectivity index (χ1v) is 8.59. The zero-order valence-corrected chi connectivity index (χ0v) is 14.7. The Hall–Kier alpha value is -2.42. The SMILES string of the molecule is CN1C[C@H]2CC[C@@]3(N=C(c4ccccc4)NC3=O)[C@H]2C1.O=C(O)C(F)(F)F. The Morgan fingerprint density at radius 3 is 2.52 bits per heavy atom. The maximum absolute atomic E-state index is 12.6. The molecule has 0 radical (unpaired) electrons. The minimum Gasteiger partial charge on any atom is -0.475 e. The maximum atomic E-state index is 12.6. The van der Waals surface area contributed by atoms with Gasteiger partial charge in [-0.3, -0.25) is 9.79 Å². The molecule has 3 aliphatic rings. The molecule has 6 nitrogen and oxygen atoms in total. The van der Waals surface area contributed by atoms with Gasteiger partial charge in [0.1, 0.15) is 11.4 Å². The molecule has 2 aliphatic heterocycles. The standard InChI is InChI=1S/C16H19N3O.C2HF3O2/c1-19-9-12-7-8-16(13(12)10-19)15(20)17-14(18-16)11-5-3-2-4-6-11;3-2(4,5)1(6)7/h2-6,12-13H,7-10H2,1H3,(H,17,18,20);(H,6,7)/t12-,13+,16-;/m1./s1. The average molecular weight is 383 g/mol. The molecule has 1 saturated carbocycles. The van der Waals surface area contributed by atoms with E-state index in [1.54, 1.807) is 0 Å². The van der Waals surface area contributed by atoms with Crippen molar-refractivity contribution in [2.24, 2.45) is 16.8 Å². The fourth-order valence-electron chi connectivity index (χ4n) is 4.16. The van der Waals surface area contributed by atoms with Crippen molar-refractivity contribution in [3.05, 3.63) is 35.9 Å². The Kier molecular flexibility index (Phi) is 4.98. The number of carboxylic acids is 1. The smallest absolute Gasteiger partial charge is 0.475 e. The largest absolute Gasteiger partial charge is 0.490 e. The highest BCUT2D eigenvalue weighted by Crippen LogP contribution is 2.48. The summed E-state index contributed by atoms with van der Waals surface area (Å²) in [5.41, 5.74) is 0.508. The van der Waals surface area contributed by atoms with Gasteiger partial charge >= 0.3 is 12.1 Å². The highest BCUT2D eigenvalue weighted by Gasteiger charge is 2.58. The fourth-order valence-corrected chi connectivity index (χ4v) is 4.16. The molecule has 4 rings (SSSR count). The quantitative estimate of drug-likeness (QED) is 0.776. The Balaban J connectivity index is 0.000000260. The lowest BCUT2D eigenvalue weighted by molar-refractivity contribution is -0.192. The number of carbonyl (C=O) groups is 2. The monoisotopic (exact) mass is 383 g/mol. The number of benzene rings is 1. The third-order valence-electron chi connectivity index (χ3n) is 5.36. The molecule has 2 fully saturated rings. The Labute approximate surface area is 154 Å². The molecule has 3 atom stereocenters. The molecule has 9 heteroatoms. The van der Waals surface area contributed by atoms with E-state index in [2.05, 4.69) is 17.3 Å². The van der Waals surface area contributed by atoms with Crippen LogP contribution in [0.4, 0.5) is 13.2 Å². The van der Waals surface area contributed by atoms with Gasteiger partial charge in [-0.1, -0.05) is 30.3 Å². The molecule has 1 aromatic rings. The van der Waals surface area contributed by atoms with E-state index in [4.69, 9.17) is 14.9 Å². The van der Waals surface area contributed by atoms with Gasteiger partial charge in [0.15, 0.2) is 0 Å². The predicted octanol–water partition coefficient (Wildman–Crippen LogP) is 1.91. The number of likely N-dealkylation sites (tertiary alicyclic amines) is 1. The molecular formula is C18H20F3N3O3. The molecule has 146 valence electrons. The molecule has 1 spiro atoms. The topological polar surface area (TPSA) is 82.0 Å². The molecule has 2 heterocycles. The predicted molar refractivity (Wildman–Crippen MR) is 91.3 cm³/mol. The van der Waals surface area contributed by atoms with Crippen molar-refractivity contribution in [1.82, 2.24) is 10.2 Å². The zero-order chi connectivity index (χ0) is 19.8. The normalized spacial score (nSPS) is 29.8. The number of nitrogens with one attached hydrogen (secondary N) is 1. The summed E-state index contributed by atoms with van der Waals surface area (Å²) in [6, 6.07) is 9.95. The molecule has 27 heavy (non-hydrogen) atoms. The highest BCUT2D eigenvalue weighted by molar-refractivity contribution is 6.15. The van der Waals surface area contributed by atoms with Crippen molar-refractivity contribution in [2.45, 2.75) is 24.6 Å². The number of fused-ring (bicyclic) bond motifs is 2. The van der Waals surface area contributed by atoms with Gasteiger partial charge in [0, 0.05) is 24.6 Å². The number of aliphatic imine (C=N–C) groups is 1. The van der Waals surface area contributed by atoms with Gasteiger partial charge in [-0.25, -0.2) is 4.79 Å². The van der Waals surface area contributed by atoms with Crippen molar-refractivity contribution in [1.29, 1.82) is 0 Å². The Morgan fingerprint density at radius 1 is 1.30 bits per heavy atom. The van der Waals surface area contributed by atoms with E-state index in [1.165, 1.54) is 0 Å². The number of alkyl halides is 3. The number of aliphatic carboxylic acids is 1. The van der Waals surface area contributed by atoms with Crippen LogP contribution in [0.25, 0.3) is 0 Å². The lowest BCUT2D eigenvalue weighted by atomic mass is 9.85.